The maximum atomic E-state index is 12.3. The van der Waals surface area contributed by atoms with E-state index in [0.717, 1.165) is 11.4 Å². The Hall–Kier alpha value is -4.32. The first kappa shape index (κ1) is 22.4. The van der Waals surface area contributed by atoms with Crippen molar-refractivity contribution in [3.63, 3.8) is 0 Å². The van der Waals surface area contributed by atoms with E-state index < -0.39 is 0 Å². The third kappa shape index (κ3) is 6.09. The fourth-order valence-corrected chi connectivity index (χ4v) is 2.85. The van der Waals surface area contributed by atoms with E-state index in [4.69, 9.17) is 9.47 Å². The number of hydrogen-bond acceptors (Lipinski definition) is 6. The summed E-state index contributed by atoms with van der Waals surface area (Å²) in [6, 6.07) is 21.3. The molecule has 0 aliphatic heterocycles. The van der Waals surface area contributed by atoms with Gasteiger partial charge in [0.15, 0.2) is 11.6 Å². The SMILES string of the molecule is COc1ccc(C(=O)/C=C/Nc2ccccc2N/C=C/C(=O)c2ccc(OC)cc2)cc1. The lowest BCUT2D eigenvalue weighted by molar-refractivity contribution is 0.103. The Morgan fingerprint density at radius 2 is 1.00 bits per heavy atom. The summed E-state index contributed by atoms with van der Waals surface area (Å²) in [5.74, 6) is 1.13. The van der Waals surface area contributed by atoms with Gasteiger partial charge in [-0.3, -0.25) is 9.59 Å². The monoisotopic (exact) mass is 428 g/mol. The van der Waals surface area contributed by atoms with Crippen molar-refractivity contribution in [1.29, 1.82) is 0 Å². The van der Waals surface area contributed by atoms with Crippen molar-refractivity contribution in [2.75, 3.05) is 24.9 Å². The van der Waals surface area contributed by atoms with Crippen molar-refractivity contribution in [1.82, 2.24) is 0 Å². The predicted molar refractivity (Wildman–Crippen MR) is 127 cm³/mol. The van der Waals surface area contributed by atoms with E-state index in [1.165, 1.54) is 12.2 Å². The van der Waals surface area contributed by atoms with Gasteiger partial charge in [-0.15, -0.1) is 0 Å². The minimum atomic E-state index is -0.129. The van der Waals surface area contributed by atoms with E-state index in [1.54, 1.807) is 75.2 Å². The summed E-state index contributed by atoms with van der Waals surface area (Å²) in [5, 5.41) is 6.20. The molecule has 0 heterocycles. The molecule has 0 bridgehead atoms. The maximum absolute atomic E-state index is 12.3. The molecule has 0 aliphatic carbocycles. The molecule has 0 unspecified atom stereocenters. The summed E-state index contributed by atoms with van der Waals surface area (Å²) in [6.07, 6.45) is 6.09. The summed E-state index contributed by atoms with van der Waals surface area (Å²) < 4.78 is 10.2. The molecule has 3 rings (SSSR count). The molecule has 0 radical (unpaired) electrons. The van der Waals surface area contributed by atoms with Gasteiger partial charge in [-0.25, -0.2) is 0 Å². The molecule has 0 amide bonds. The zero-order valence-electron chi connectivity index (χ0n) is 17.9. The van der Waals surface area contributed by atoms with Crippen LogP contribution >= 0.6 is 0 Å². The molecule has 0 aliphatic rings. The van der Waals surface area contributed by atoms with Crippen LogP contribution in [0.5, 0.6) is 11.5 Å². The molecule has 3 aromatic rings. The van der Waals surface area contributed by atoms with Gasteiger partial charge in [0, 0.05) is 35.7 Å². The summed E-state index contributed by atoms with van der Waals surface area (Å²) in [6.45, 7) is 0. The van der Waals surface area contributed by atoms with E-state index in [-0.39, 0.29) is 11.6 Å². The fraction of sp³-hybridized carbons (Fsp3) is 0.0769. The third-order valence-electron chi connectivity index (χ3n) is 4.62. The quantitative estimate of drug-likeness (QED) is 0.336. The molecule has 3 aromatic carbocycles. The van der Waals surface area contributed by atoms with Crippen LogP contribution in [-0.4, -0.2) is 25.8 Å². The average Bonchev–Trinajstić information content (AvgIpc) is 2.85. The van der Waals surface area contributed by atoms with Gasteiger partial charge in [-0.1, -0.05) is 12.1 Å². The Kier molecular flexibility index (Phi) is 7.81. The van der Waals surface area contributed by atoms with Gasteiger partial charge in [-0.05, 0) is 60.7 Å². The second-order valence-corrected chi connectivity index (χ2v) is 6.69. The molecule has 0 fully saturated rings. The Morgan fingerprint density at radius 1 is 0.625 bits per heavy atom. The highest BCUT2D eigenvalue weighted by Gasteiger charge is 2.04. The number of benzene rings is 3. The minimum Gasteiger partial charge on any atom is -0.497 e. The fourth-order valence-electron chi connectivity index (χ4n) is 2.85. The number of carbonyl (C=O) groups is 2. The molecular formula is C26H24N2O4. The topological polar surface area (TPSA) is 76.7 Å². The molecule has 0 saturated heterocycles. The molecule has 0 saturated carbocycles. The Bertz CT molecular complexity index is 1030. The highest BCUT2D eigenvalue weighted by Crippen LogP contribution is 2.21. The van der Waals surface area contributed by atoms with Crippen LogP contribution < -0.4 is 20.1 Å². The van der Waals surface area contributed by atoms with Gasteiger partial charge < -0.3 is 20.1 Å². The highest BCUT2D eigenvalue weighted by molar-refractivity contribution is 6.05. The zero-order chi connectivity index (χ0) is 22.8. The molecule has 0 aromatic heterocycles. The zero-order valence-corrected chi connectivity index (χ0v) is 17.9. The molecule has 6 nitrogen and oxygen atoms in total. The molecule has 0 atom stereocenters. The van der Waals surface area contributed by atoms with Gasteiger partial charge in [0.2, 0.25) is 0 Å². The summed E-state index contributed by atoms with van der Waals surface area (Å²) in [4.78, 5) is 24.6. The first-order valence-electron chi connectivity index (χ1n) is 9.92. The Morgan fingerprint density at radius 3 is 1.34 bits per heavy atom. The van der Waals surface area contributed by atoms with Crippen LogP contribution in [0.15, 0.2) is 97.3 Å². The van der Waals surface area contributed by atoms with E-state index in [0.29, 0.717) is 22.6 Å². The van der Waals surface area contributed by atoms with Crippen LogP contribution in [0.1, 0.15) is 20.7 Å². The maximum Gasteiger partial charge on any atom is 0.187 e. The van der Waals surface area contributed by atoms with Gasteiger partial charge in [0.25, 0.3) is 0 Å². The van der Waals surface area contributed by atoms with E-state index >= 15 is 0 Å². The smallest absolute Gasteiger partial charge is 0.187 e. The molecular weight excluding hydrogens is 404 g/mol. The number of anilines is 2. The number of ketones is 2. The molecule has 6 heteroatoms. The lowest BCUT2D eigenvalue weighted by atomic mass is 10.1. The first-order chi connectivity index (χ1) is 15.6. The van der Waals surface area contributed by atoms with Crippen molar-refractivity contribution in [2.24, 2.45) is 0 Å². The number of hydrogen-bond donors (Lipinski definition) is 2. The van der Waals surface area contributed by atoms with Gasteiger partial charge >= 0.3 is 0 Å². The molecule has 162 valence electrons. The number of ether oxygens (including phenoxy) is 2. The van der Waals surface area contributed by atoms with Crippen LogP contribution in [0.3, 0.4) is 0 Å². The summed E-state index contributed by atoms with van der Waals surface area (Å²) in [7, 11) is 3.16. The normalized spacial score (nSPS) is 10.8. The van der Waals surface area contributed by atoms with Crippen LogP contribution in [0.2, 0.25) is 0 Å². The molecule has 0 spiro atoms. The van der Waals surface area contributed by atoms with Crippen molar-refractivity contribution in [2.45, 2.75) is 0 Å². The van der Waals surface area contributed by atoms with Crippen LogP contribution in [-0.2, 0) is 0 Å². The van der Waals surface area contributed by atoms with E-state index in [1.807, 2.05) is 24.3 Å². The van der Waals surface area contributed by atoms with Gasteiger partial charge in [0.05, 0.1) is 25.6 Å². The van der Waals surface area contributed by atoms with E-state index in [2.05, 4.69) is 10.6 Å². The summed E-state index contributed by atoms with van der Waals surface area (Å²) in [5.41, 5.74) is 2.64. The number of para-hydroxylation sites is 2. The minimum absolute atomic E-state index is 0.129. The second kappa shape index (κ2) is 11.2. The summed E-state index contributed by atoms with van der Waals surface area (Å²) >= 11 is 0. The number of allylic oxidation sites excluding steroid dienone is 2. The van der Waals surface area contributed by atoms with Crippen molar-refractivity contribution < 1.29 is 19.1 Å². The average molecular weight is 428 g/mol. The number of methoxy groups -OCH3 is 2. The van der Waals surface area contributed by atoms with Crippen molar-refractivity contribution >= 4 is 22.9 Å². The Labute approximate surface area is 187 Å². The largest absolute Gasteiger partial charge is 0.497 e. The highest BCUT2D eigenvalue weighted by atomic mass is 16.5. The van der Waals surface area contributed by atoms with Crippen LogP contribution in [0, 0.1) is 0 Å². The lowest BCUT2D eigenvalue weighted by Crippen LogP contribution is -1.99. The third-order valence-corrected chi connectivity index (χ3v) is 4.62. The van der Waals surface area contributed by atoms with E-state index in [9.17, 15) is 9.59 Å². The molecule has 32 heavy (non-hydrogen) atoms. The first-order valence-corrected chi connectivity index (χ1v) is 9.92. The van der Waals surface area contributed by atoms with Crippen LogP contribution in [0.4, 0.5) is 11.4 Å². The second-order valence-electron chi connectivity index (χ2n) is 6.69. The number of carbonyl (C=O) groups excluding carboxylic acids is 2. The predicted octanol–water partition coefficient (Wildman–Crippen LogP) is 5.32. The molecule has 2 N–H and O–H groups in total. The van der Waals surface area contributed by atoms with Gasteiger partial charge in [0.1, 0.15) is 11.5 Å². The standard InChI is InChI=1S/C26H24N2O4/c1-31-21-11-7-19(8-12-21)25(29)15-17-27-23-5-3-4-6-24(23)28-18-16-26(30)20-9-13-22(32-2)14-10-20/h3-18,27-28H,1-2H3/b17-15+,18-16+. The number of rotatable bonds is 10. The Balaban J connectivity index is 1.59. The van der Waals surface area contributed by atoms with Crippen molar-refractivity contribution in [3.8, 4) is 11.5 Å². The van der Waals surface area contributed by atoms with Crippen LogP contribution in [0.25, 0.3) is 0 Å². The lowest BCUT2D eigenvalue weighted by Gasteiger charge is -2.08. The number of nitrogens with one attached hydrogen (secondary N) is 2. The van der Waals surface area contributed by atoms with Crippen molar-refractivity contribution in [3.05, 3.63) is 108 Å². The van der Waals surface area contributed by atoms with Gasteiger partial charge in [-0.2, -0.15) is 0 Å².